The predicted molar refractivity (Wildman–Crippen MR) is 117 cm³/mol. The van der Waals surface area contributed by atoms with Gasteiger partial charge in [0.1, 0.15) is 5.82 Å². The van der Waals surface area contributed by atoms with Gasteiger partial charge in [-0.05, 0) is 31.0 Å². The Kier molecular flexibility index (Phi) is 6.75. The van der Waals surface area contributed by atoms with E-state index in [0.29, 0.717) is 37.3 Å². The number of imidazole rings is 1. The number of nitrogens with one attached hydrogen (secondary N) is 1. The van der Waals surface area contributed by atoms with E-state index in [1.165, 1.54) is 30.7 Å². The Balaban J connectivity index is 1.67. The van der Waals surface area contributed by atoms with Crippen molar-refractivity contribution in [1.29, 1.82) is 0 Å². The molecule has 0 radical (unpaired) electrons. The molecule has 1 N–H and O–H groups in total. The van der Waals surface area contributed by atoms with Crippen molar-refractivity contribution >= 4 is 37.0 Å². The van der Waals surface area contributed by atoms with Gasteiger partial charge >= 0.3 is 0 Å². The van der Waals surface area contributed by atoms with Gasteiger partial charge in [-0.15, -0.1) is 0 Å². The molecule has 0 bridgehead atoms. The number of hydrogen-bond acceptors (Lipinski definition) is 6. The average Bonchev–Trinajstić information content (AvgIpc) is 3.01. The van der Waals surface area contributed by atoms with E-state index in [-0.39, 0.29) is 23.3 Å². The van der Waals surface area contributed by atoms with Crippen LogP contribution in [-0.4, -0.2) is 80.4 Å². The van der Waals surface area contributed by atoms with Crippen LogP contribution < -0.4 is 5.32 Å². The number of aromatic nitrogens is 2. The zero-order chi connectivity index (χ0) is 23.0. The van der Waals surface area contributed by atoms with Crippen molar-refractivity contribution in [1.82, 2.24) is 23.5 Å². The number of nitrogens with zero attached hydrogens (tertiary/aromatic N) is 4. The molecule has 0 saturated carbocycles. The number of benzene rings is 1. The second kappa shape index (κ2) is 8.85. The van der Waals surface area contributed by atoms with Gasteiger partial charge in [-0.2, -0.15) is 0 Å². The van der Waals surface area contributed by atoms with Crippen molar-refractivity contribution in [3.63, 3.8) is 0 Å². The summed E-state index contributed by atoms with van der Waals surface area (Å²) >= 11 is 0. The summed E-state index contributed by atoms with van der Waals surface area (Å²) in [6.07, 6.45) is 3.22. The molecule has 1 amide bonds. The molecule has 1 saturated heterocycles. The highest BCUT2D eigenvalue weighted by Crippen LogP contribution is 2.22. The summed E-state index contributed by atoms with van der Waals surface area (Å²) in [5, 5.41) is 2.92. The Hall–Kier alpha value is -2.02. The molecule has 1 atom stereocenters. The molecule has 0 spiro atoms. The van der Waals surface area contributed by atoms with E-state index in [9.17, 15) is 21.6 Å². The highest BCUT2D eigenvalue weighted by molar-refractivity contribution is 7.89. The van der Waals surface area contributed by atoms with Crippen LogP contribution in [-0.2, 0) is 38.3 Å². The third kappa shape index (κ3) is 5.25. The van der Waals surface area contributed by atoms with Gasteiger partial charge in [-0.1, -0.05) is 0 Å². The van der Waals surface area contributed by atoms with Crippen molar-refractivity contribution in [2.45, 2.75) is 36.6 Å². The van der Waals surface area contributed by atoms with E-state index in [1.54, 1.807) is 12.1 Å². The minimum Gasteiger partial charge on any atom is -0.352 e. The van der Waals surface area contributed by atoms with Crippen molar-refractivity contribution in [3.8, 4) is 0 Å². The topological polar surface area (TPSA) is 122 Å². The molecule has 2 heterocycles. The smallest absolute Gasteiger partial charge is 0.242 e. The van der Waals surface area contributed by atoms with Crippen LogP contribution in [0.1, 0.15) is 25.1 Å². The van der Waals surface area contributed by atoms with Crippen molar-refractivity contribution < 1.29 is 21.6 Å². The summed E-state index contributed by atoms with van der Waals surface area (Å²) in [4.78, 5) is 17.1. The lowest BCUT2D eigenvalue weighted by Crippen LogP contribution is -2.49. The van der Waals surface area contributed by atoms with Crippen LogP contribution in [0.3, 0.4) is 0 Å². The van der Waals surface area contributed by atoms with E-state index >= 15 is 0 Å². The maximum atomic E-state index is 12.4. The zero-order valence-electron chi connectivity index (χ0n) is 18.2. The first-order valence-electron chi connectivity index (χ1n) is 10.0. The normalized spacial score (nSPS) is 18.5. The van der Waals surface area contributed by atoms with Crippen molar-refractivity contribution in [2.75, 3.05) is 33.4 Å². The van der Waals surface area contributed by atoms with Gasteiger partial charge in [-0.3, -0.25) is 4.79 Å². The number of rotatable bonds is 7. The molecule has 172 valence electrons. The molecule has 12 heteroatoms. The van der Waals surface area contributed by atoms with Crippen LogP contribution >= 0.6 is 0 Å². The number of aryl methyl sites for hydroxylation is 2. The summed E-state index contributed by atoms with van der Waals surface area (Å²) in [6, 6.07) is 4.60. The van der Waals surface area contributed by atoms with Crippen LogP contribution in [0.4, 0.5) is 0 Å². The van der Waals surface area contributed by atoms with Crippen LogP contribution in [0.5, 0.6) is 0 Å². The fourth-order valence-electron chi connectivity index (χ4n) is 3.71. The summed E-state index contributed by atoms with van der Waals surface area (Å²) < 4.78 is 52.6. The molecule has 3 rings (SSSR count). The van der Waals surface area contributed by atoms with Gasteiger partial charge in [0.2, 0.25) is 26.0 Å². The minimum atomic E-state index is -3.56. The summed E-state index contributed by atoms with van der Waals surface area (Å²) in [7, 11) is -2.04. The van der Waals surface area contributed by atoms with E-state index < -0.39 is 20.0 Å². The lowest BCUT2D eigenvalue weighted by molar-refractivity contribution is -0.122. The maximum absolute atomic E-state index is 12.4. The van der Waals surface area contributed by atoms with Gasteiger partial charge in [0, 0.05) is 53.1 Å². The van der Waals surface area contributed by atoms with Gasteiger partial charge in [0.05, 0.1) is 22.2 Å². The SMILES string of the molecule is CN(C)S(=O)(=O)c1ccc2c(c1)nc(CCC(=O)NC1CCCN(S(C)(=O)=O)C1)n2C. The van der Waals surface area contributed by atoms with E-state index in [2.05, 4.69) is 10.3 Å². The molecular weight excluding hydrogens is 442 g/mol. The predicted octanol–water partition coefficient (Wildman–Crippen LogP) is 0.296. The summed E-state index contributed by atoms with van der Waals surface area (Å²) in [5.74, 6) is 0.509. The number of hydrogen-bond donors (Lipinski definition) is 1. The van der Waals surface area contributed by atoms with Crippen LogP contribution in [0.25, 0.3) is 11.0 Å². The fraction of sp³-hybridized carbons (Fsp3) is 0.579. The molecule has 1 unspecified atom stereocenters. The molecular formula is C19H29N5O5S2. The van der Waals surface area contributed by atoms with Crippen molar-refractivity contribution in [2.24, 2.45) is 7.05 Å². The van der Waals surface area contributed by atoms with Crippen LogP contribution in [0, 0.1) is 0 Å². The molecule has 2 aromatic rings. The first-order valence-corrected chi connectivity index (χ1v) is 13.3. The lowest BCUT2D eigenvalue weighted by Gasteiger charge is -2.31. The molecule has 1 aromatic carbocycles. The molecule has 1 fully saturated rings. The zero-order valence-corrected chi connectivity index (χ0v) is 19.8. The van der Waals surface area contributed by atoms with Crippen LogP contribution in [0.2, 0.25) is 0 Å². The second-order valence-electron chi connectivity index (χ2n) is 8.05. The Morgan fingerprint density at radius 2 is 1.97 bits per heavy atom. The molecule has 1 aliphatic heterocycles. The Morgan fingerprint density at radius 3 is 2.61 bits per heavy atom. The summed E-state index contributed by atoms with van der Waals surface area (Å²) in [6.45, 7) is 0.774. The first kappa shape index (κ1) is 23.6. The number of fused-ring (bicyclic) bond motifs is 1. The van der Waals surface area contributed by atoms with Gasteiger partial charge in [0.15, 0.2) is 0 Å². The Labute approximate surface area is 183 Å². The molecule has 0 aliphatic carbocycles. The van der Waals surface area contributed by atoms with E-state index in [4.69, 9.17) is 0 Å². The average molecular weight is 472 g/mol. The highest BCUT2D eigenvalue weighted by Gasteiger charge is 2.27. The number of carbonyl (C=O) groups is 1. The van der Waals surface area contributed by atoms with Crippen LogP contribution in [0.15, 0.2) is 23.1 Å². The minimum absolute atomic E-state index is 0.164. The second-order valence-corrected chi connectivity index (χ2v) is 12.2. The molecule has 10 nitrogen and oxygen atoms in total. The fourth-order valence-corrected chi connectivity index (χ4v) is 5.54. The van der Waals surface area contributed by atoms with E-state index in [0.717, 1.165) is 16.2 Å². The number of carbonyl (C=O) groups excluding carboxylic acids is 1. The third-order valence-corrected chi connectivity index (χ3v) is 8.60. The number of sulfonamides is 2. The van der Waals surface area contributed by atoms with E-state index in [1.807, 2.05) is 11.6 Å². The van der Waals surface area contributed by atoms with Gasteiger partial charge in [-0.25, -0.2) is 30.4 Å². The summed E-state index contributed by atoms with van der Waals surface area (Å²) in [5.41, 5.74) is 1.33. The largest absolute Gasteiger partial charge is 0.352 e. The Morgan fingerprint density at radius 1 is 1.26 bits per heavy atom. The van der Waals surface area contributed by atoms with Gasteiger partial charge in [0.25, 0.3) is 0 Å². The quantitative estimate of drug-likeness (QED) is 0.620. The standard InChI is InChI=1S/C19H29N5O5S2/c1-22(2)31(28,29)15-7-8-17-16(12-15)21-18(23(17)3)9-10-19(25)20-14-6-5-11-24(13-14)30(4,26)27/h7-8,12,14H,5-6,9-11,13H2,1-4H3,(H,20,25). The maximum Gasteiger partial charge on any atom is 0.242 e. The first-order chi connectivity index (χ1) is 14.4. The monoisotopic (exact) mass is 471 g/mol. The molecule has 1 aromatic heterocycles. The lowest BCUT2D eigenvalue weighted by atomic mass is 10.1. The molecule has 1 aliphatic rings. The van der Waals surface area contributed by atoms with Gasteiger partial charge < -0.3 is 9.88 Å². The highest BCUT2D eigenvalue weighted by atomic mass is 32.2. The Bertz CT molecular complexity index is 1190. The molecule has 31 heavy (non-hydrogen) atoms. The van der Waals surface area contributed by atoms with Crippen molar-refractivity contribution in [3.05, 3.63) is 24.0 Å². The number of piperidine rings is 1. The third-order valence-electron chi connectivity index (χ3n) is 5.52. The number of amides is 1.